The molecule has 75 valence electrons. The van der Waals surface area contributed by atoms with E-state index < -0.39 is 0 Å². The first-order chi connectivity index (χ1) is 6.71. The van der Waals surface area contributed by atoms with Gasteiger partial charge in [-0.15, -0.1) is 0 Å². The summed E-state index contributed by atoms with van der Waals surface area (Å²) in [7, 11) is 2.21. The van der Waals surface area contributed by atoms with Gasteiger partial charge in [0.25, 0.3) is 0 Å². The quantitative estimate of drug-likeness (QED) is 0.654. The molecule has 0 atom stereocenters. The van der Waals surface area contributed by atoms with Crippen LogP contribution < -0.4 is 0 Å². The first-order valence-corrected chi connectivity index (χ1v) is 5.36. The smallest absolute Gasteiger partial charge is 0.00134 e. The molecule has 0 aromatic heterocycles. The van der Waals surface area contributed by atoms with Gasteiger partial charge < -0.3 is 4.90 Å². The van der Waals surface area contributed by atoms with Crippen molar-refractivity contribution in [2.24, 2.45) is 0 Å². The molecule has 0 bridgehead atoms. The van der Waals surface area contributed by atoms with Crippen LogP contribution in [0.1, 0.15) is 25.3 Å². The fraction of sp³-hybridized carbons (Fsp3) is 0.538. The predicted octanol–water partition coefficient (Wildman–Crippen LogP) is 2.47. The van der Waals surface area contributed by atoms with Crippen molar-refractivity contribution in [2.45, 2.75) is 25.2 Å². The molecule has 14 heavy (non-hydrogen) atoms. The molecule has 1 aliphatic heterocycles. The average molecular weight is 188 g/mol. The molecule has 0 amide bonds. The van der Waals surface area contributed by atoms with Crippen LogP contribution in [0.2, 0.25) is 0 Å². The number of nitrogens with zero attached hydrogens (tertiary/aromatic N) is 1. The van der Waals surface area contributed by atoms with Crippen molar-refractivity contribution in [3.63, 3.8) is 0 Å². The molecule has 0 saturated carbocycles. The lowest BCUT2D eigenvalue weighted by Crippen LogP contribution is -2.38. The number of hydrogen-bond donors (Lipinski definition) is 0. The van der Waals surface area contributed by atoms with Gasteiger partial charge in [0.05, 0.1) is 0 Å². The number of rotatable bonds is 1. The van der Waals surface area contributed by atoms with Crippen LogP contribution in [0.4, 0.5) is 0 Å². The second-order valence-electron chi connectivity index (χ2n) is 4.65. The molecule has 1 aromatic carbocycles. The summed E-state index contributed by atoms with van der Waals surface area (Å²) in [6, 6.07) is 11.6. The zero-order valence-electron chi connectivity index (χ0n) is 9.09. The summed E-state index contributed by atoms with van der Waals surface area (Å²) in [4.78, 5) is 2.41. The zero-order valence-corrected chi connectivity index (χ0v) is 9.09. The lowest BCUT2D eigenvalue weighted by atomic mass is 9.75. The van der Waals surface area contributed by atoms with Crippen LogP contribution in [0.5, 0.6) is 0 Å². The van der Waals surface area contributed by atoms with Crippen molar-refractivity contribution >= 4 is 0 Å². The van der Waals surface area contributed by atoms with Crippen molar-refractivity contribution in [2.75, 3.05) is 20.1 Å². The molecule has 1 nitrogen and oxygen atoms in total. The standard InChI is InChI=1S/C13H18N/c1-13(8-10-14(2)11-9-13)12-6-4-3-5-7-12/h4-7H,8-11H2,1-2H3. The zero-order chi connectivity index (χ0) is 10.0. The maximum atomic E-state index is 3.09. The summed E-state index contributed by atoms with van der Waals surface area (Å²) < 4.78 is 0. The Morgan fingerprint density at radius 1 is 1.21 bits per heavy atom. The van der Waals surface area contributed by atoms with Gasteiger partial charge in [-0.1, -0.05) is 31.2 Å². The summed E-state index contributed by atoms with van der Waals surface area (Å²) in [5.74, 6) is 0. The van der Waals surface area contributed by atoms with Crippen LogP contribution in [-0.2, 0) is 5.41 Å². The maximum Gasteiger partial charge on any atom is -0.00134 e. The van der Waals surface area contributed by atoms with Gasteiger partial charge in [0.2, 0.25) is 0 Å². The van der Waals surface area contributed by atoms with Gasteiger partial charge in [0, 0.05) is 0 Å². The topological polar surface area (TPSA) is 3.24 Å². The highest BCUT2D eigenvalue weighted by Crippen LogP contribution is 2.34. The van der Waals surface area contributed by atoms with Crippen molar-refractivity contribution in [1.82, 2.24) is 4.90 Å². The van der Waals surface area contributed by atoms with Gasteiger partial charge in [-0.3, -0.25) is 0 Å². The average Bonchev–Trinajstić information content (AvgIpc) is 2.24. The van der Waals surface area contributed by atoms with E-state index in [9.17, 15) is 0 Å². The Balaban J connectivity index is 2.17. The van der Waals surface area contributed by atoms with E-state index in [1.807, 2.05) is 12.1 Å². The summed E-state index contributed by atoms with van der Waals surface area (Å²) in [5.41, 5.74) is 1.87. The number of benzene rings is 1. The third kappa shape index (κ3) is 1.83. The maximum absolute atomic E-state index is 3.09. The molecule has 0 unspecified atom stereocenters. The highest BCUT2D eigenvalue weighted by atomic mass is 15.1. The molecule has 0 N–H and O–H groups in total. The van der Waals surface area contributed by atoms with Crippen LogP contribution in [0.25, 0.3) is 0 Å². The van der Waals surface area contributed by atoms with E-state index in [1.54, 1.807) is 0 Å². The number of likely N-dealkylation sites (tertiary alicyclic amines) is 1. The largest absolute Gasteiger partial charge is 0.306 e. The van der Waals surface area contributed by atoms with E-state index in [2.05, 4.69) is 37.1 Å². The molecule has 1 saturated heterocycles. The first kappa shape index (κ1) is 9.72. The molecule has 1 aromatic rings. The van der Waals surface area contributed by atoms with E-state index in [1.165, 1.54) is 31.5 Å². The first-order valence-electron chi connectivity index (χ1n) is 5.36. The molecule has 2 rings (SSSR count). The molecular formula is C13H18N. The summed E-state index contributed by atoms with van der Waals surface area (Å²) in [6.45, 7) is 4.82. The van der Waals surface area contributed by atoms with E-state index >= 15 is 0 Å². The summed E-state index contributed by atoms with van der Waals surface area (Å²) in [5, 5.41) is 0. The van der Waals surface area contributed by atoms with Crippen LogP contribution >= 0.6 is 0 Å². The minimum atomic E-state index is 0.390. The highest BCUT2D eigenvalue weighted by molar-refractivity contribution is 5.24. The van der Waals surface area contributed by atoms with Crippen molar-refractivity contribution in [1.29, 1.82) is 0 Å². The fourth-order valence-electron chi connectivity index (χ4n) is 2.19. The summed E-state index contributed by atoms with van der Waals surface area (Å²) in [6.07, 6.45) is 2.54. The third-order valence-corrected chi connectivity index (χ3v) is 3.51. The van der Waals surface area contributed by atoms with Gasteiger partial charge >= 0.3 is 0 Å². The third-order valence-electron chi connectivity index (χ3n) is 3.51. The number of piperidine rings is 1. The monoisotopic (exact) mass is 188 g/mol. The second-order valence-corrected chi connectivity index (χ2v) is 4.65. The lowest BCUT2D eigenvalue weighted by Gasteiger charge is -2.38. The van der Waals surface area contributed by atoms with E-state index in [0.717, 1.165) is 0 Å². The van der Waals surface area contributed by atoms with Gasteiger partial charge in [0.15, 0.2) is 0 Å². The van der Waals surface area contributed by atoms with Crippen molar-refractivity contribution in [3.8, 4) is 0 Å². The minimum absolute atomic E-state index is 0.390. The molecule has 1 radical (unpaired) electrons. The Morgan fingerprint density at radius 2 is 1.79 bits per heavy atom. The summed E-state index contributed by atoms with van der Waals surface area (Å²) >= 11 is 0. The Bertz CT molecular complexity index is 283. The Hall–Kier alpha value is -0.820. The van der Waals surface area contributed by atoms with E-state index in [-0.39, 0.29) is 0 Å². The van der Waals surface area contributed by atoms with Crippen molar-refractivity contribution < 1.29 is 0 Å². The predicted molar refractivity (Wildman–Crippen MR) is 59.4 cm³/mol. The normalized spacial score (nSPS) is 22.1. The molecule has 0 aliphatic carbocycles. The minimum Gasteiger partial charge on any atom is -0.306 e. The van der Waals surface area contributed by atoms with Crippen LogP contribution in [0, 0.1) is 6.07 Å². The molecule has 1 heterocycles. The van der Waals surface area contributed by atoms with E-state index in [0.29, 0.717) is 5.41 Å². The SMILES string of the molecule is CN1CCC(C)(c2cc[c]cc2)CC1. The second kappa shape index (κ2) is 3.74. The van der Waals surface area contributed by atoms with Gasteiger partial charge in [-0.25, -0.2) is 0 Å². The van der Waals surface area contributed by atoms with Crippen LogP contribution in [0.15, 0.2) is 24.3 Å². The van der Waals surface area contributed by atoms with Gasteiger partial charge in [0.1, 0.15) is 0 Å². The highest BCUT2D eigenvalue weighted by Gasteiger charge is 2.29. The number of hydrogen-bond acceptors (Lipinski definition) is 1. The van der Waals surface area contributed by atoms with Crippen LogP contribution in [0.3, 0.4) is 0 Å². The molecule has 1 fully saturated rings. The Labute approximate surface area is 86.7 Å². The van der Waals surface area contributed by atoms with Crippen molar-refractivity contribution in [3.05, 3.63) is 35.9 Å². The fourth-order valence-corrected chi connectivity index (χ4v) is 2.19. The van der Waals surface area contributed by atoms with E-state index in [4.69, 9.17) is 0 Å². The molecular weight excluding hydrogens is 170 g/mol. The molecule has 0 spiro atoms. The Morgan fingerprint density at radius 3 is 2.36 bits per heavy atom. The molecule has 1 aliphatic rings. The van der Waals surface area contributed by atoms with Gasteiger partial charge in [-0.05, 0) is 50.0 Å². The van der Waals surface area contributed by atoms with Gasteiger partial charge in [-0.2, -0.15) is 0 Å². The lowest BCUT2D eigenvalue weighted by molar-refractivity contribution is 0.200. The molecule has 1 heteroatoms. The Kier molecular flexibility index (Phi) is 2.60. The van der Waals surface area contributed by atoms with Crippen LogP contribution in [-0.4, -0.2) is 25.0 Å².